The van der Waals surface area contributed by atoms with E-state index in [0.29, 0.717) is 19.4 Å². The monoisotopic (exact) mass is 252 g/mol. The van der Waals surface area contributed by atoms with Crippen molar-refractivity contribution in [1.82, 2.24) is 19.9 Å². The Morgan fingerprint density at radius 3 is 2.78 bits per heavy atom. The molecule has 1 amide bonds. The van der Waals surface area contributed by atoms with Gasteiger partial charge in [-0.2, -0.15) is 9.90 Å². The molecule has 2 heterocycles. The molecule has 1 fully saturated rings. The van der Waals surface area contributed by atoms with Crippen LogP contribution in [0.2, 0.25) is 0 Å². The quantitative estimate of drug-likeness (QED) is 0.809. The maximum atomic E-state index is 12.1. The molecule has 1 unspecified atom stereocenters. The molecule has 1 aliphatic heterocycles. The Kier molecular flexibility index (Phi) is 3.06. The number of nitrogens with zero attached hydrogens (tertiary/aromatic N) is 4. The number of carbonyl (C=O) groups is 2. The normalized spacial score (nSPS) is 24.0. The fraction of sp³-hybridized carbons (Fsp3) is 0.636. The highest BCUT2D eigenvalue weighted by Gasteiger charge is 2.39. The van der Waals surface area contributed by atoms with E-state index < -0.39 is 11.4 Å². The molecule has 0 aliphatic carbocycles. The van der Waals surface area contributed by atoms with Crippen molar-refractivity contribution in [2.24, 2.45) is 12.5 Å². The highest BCUT2D eigenvalue weighted by atomic mass is 16.4. The molecule has 1 aliphatic rings. The van der Waals surface area contributed by atoms with Gasteiger partial charge in [-0.25, -0.2) is 0 Å². The minimum Gasteiger partial charge on any atom is -0.481 e. The maximum Gasteiger partial charge on any atom is 0.311 e. The zero-order valence-corrected chi connectivity index (χ0v) is 10.5. The highest BCUT2D eigenvalue weighted by Crippen LogP contribution is 2.30. The number of likely N-dealkylation sites (tertiary alicyclic amines) is 1. The Morgan fingerprint density at radius 2 is 2.22 bits per heavy atom. The number of carboxylic acid groups (broad SMARTS) is 1. The molecule has 1 aromatic rings. The van der Waals surface area contributed by atoms with Gasteiger partial charge in [-0.05, 0) is 19.8 Å². The molecule has 0 aromatic carbocycles. The second kappa shape index (κ2) is 4.40. The Bertz CT molecular complexity index is 484. The molecule has 18 heavy (non-hydrogen) atoms. The van der Waals surface area contributed by atoms with Gasteiger partial charge in [-0.15, -0.1) is 5.10 Å². The van der Waals surface area contributed by atoms with E-state index in [-0.39, 0.29) is 18.1 Å². The van der Waals surface area contributed by atoms with Gasteiger partial charge in [0, 0.05) is 20.1 Å². The van der Waals surface area contributed by atoms with Crippen LogP contribution in [0.3, 0.4) is 0 Å². The first-order valence-corrected chi connectivity index (χ1v) is 5.81. The average molecular weight is 252 g/mol. The van der Waals surface area contributed by atoms with E-state index >= 15 is 0 Å². The number of hydrogen-bond acceptors (Lipinski definition) is 4. The SMILES string of the molecule is Cn1ncc(C(=O)N2CCCC(C)(C(=O)O)C2)n1. The second-order valence-corrected chi connectivity index (χ2v) is 4.92. The lowest BCUT2D eigenvalue weighted by atomic mass is 9.82. The number of aromatic nitrogens is 3. The number of hydrogen-bond donors (Lipinski definition) is 1. The number of aliphatic carboxylic acids is 1. The Labute approximate surface area is 104 Å². The number of aryl methyl sites for hydroxylation is 1. The summed E-state index contributed by atoms with van der Waals surface area (Å²) >= 11 is 0. The van der Waals surface area contributed by atoms with E-state index in [9.17, 15) is 14.7 Å². The lowest BCUT2D eigenvalue weighted by Crippen LogP contribution is -2.48. The summed E-state index contributed by atoms with van der Waals surface area (Å²) < 4.78 is 0. The second-order valence-electron chi connectivity index (χ2n) is 4.92. The zero-order chi connectivity index (χ0) is 13.3. The summed E-state index contributed by atoms with van der Waals surface area (Å²) in [6, 6.07) is 0. The summed E-state index contributed by atoms with van der Waals surface area (Å²) in [4.78, 5) is 26.2. The van der Waals surface area contributed by atoms with E-state index in [2.05, 4.69) is 10.2 Å². The number of amides is 1. The Balaban J connectivity index is 2.14. The van der Waals surface area contributed by atoms with Crippen molar-refractivity contribution in [3.05, 3.63) is 11.9 Å². The van der Waals surface area contributed by atoms with Gasteiger partial charge in [-0.1, -0.05) is 0 Å². The topological polar surface area (TPSA) is 88.3 Å². The number of carbonyl (C=O) groups excluding carboxylic acids is 1. The molecule has 0 saturated carbocycles. The number of rotatable bonds is 2. The molecular formula is C11H16N4O3. The molecule has 1 saturated heterocycles. The number of carboxylic acids is 1. The summed E-state index contributed by atoms with van der Waals surface area (Å²) in [7, 11) is 1.63. The van der Waals surface area contributed by atoms with Crippen molar-refractivity contribution < 1.29 is 14.7 Å². The standard InChI is InChI=1S/C11H16N4O3/c1-11(10(17)18)4-3-5-15(7-11)9(16)8-6-12-14(2)13-8/h6H,3-5,7H2,1-2H3,(H,17,18). The smallest absolute Gasteiger partial charge is 0.311 e. The summed E-state index contributed by atoms with van der Waals surface area (Å²) in [5.74, 6) is -1.12. The van der Waals surface area contributed by atoms with Crippen LogP contribution in [-0.2, 0) is 11.8 Å². The van der Waals surface area contributed by atoms with Gasteiger partial charge in [0.1, 0.15) is 0 Å². The Morgan fingerprint density at radius 1 is 1.50 bits per heavy atom. The van der Waals surface area contributed by atoms with Crippen LogP contribution in [0.5, 0.6) is 0 Å². The molecule has 1 N–H and O–H groups in total. The minimum absolute atomic E-state index is 0.220. The van der Waals surface area contributed by atoms with E-state index in [1.807, 2.05) is 0 Å². The first kappa shape index (κ1) is 12.5. The summed E-state index contributed by atoms with van der Waals surface area (Å²) in [5, 5.41) is 17.0. The molecule has 7 heteroatoms. The molecule has 1 atom stereocenters. The molecule has 0 bridgehead atoms. The first-order valence-electron chi connectivity index (χ1n) is 5.81. The minimum atomic E-state index is -0.865. The van der Waals surface area contributed by atoms with Crippen molar-refractivity contribution in [3.8, 4) is 0 Å². The Hall–Kier alpha value is -1.92. The van der Waals surface area contributed by atoms with Gasteiger partial charge in [0.2, 0.25) is 0 Å². The molecule has 0 spiro atoms. The molecule has 98 valence electrons. The van der Waals surface area contributed by atoms with Gasteiger partial charge in [0.15, 0.2) is 5.69 Å². The first-order chi connectivity index (χ1) is 8.42. The number of piperidine rings is 1. The third kappa shape index (κ3) is 2.20. The van der Waals surface area contributed by atoms with Crippen molar-refractivity contribution >= 4 is 11.9 Å². The molecule has 0 radical (unpaired) electrons. The van der Waals surface area contributed by atoms with E-state index in [4.69, 9.17) is 0 Å². The molecule has 7 nitrogen and oxygen atoms in total. The zero-order valence-electron chi connectivity index (χ0n) is 10.5. The van der Waals surface area contributed by atoms with Crippen LogP contribution in [-0.4, -0.2) is 50.0 Å². The van der Waals surface area contributed by atoms with Crippen LogP contribution in [0.4, 0.5) is 0 Å². The van der Waals surface area contributed by atoms with Crippen LogP contribution >= 0.6 is 0 Å². The predicted octanol–water partition coefficient (Wildman–Crippen LogP) is 0.142. The fourth-order valence-electron chi connectivity index (χ4n) is 2.19. The van der Waals surface area contributed by atoms with Crippen LogP contribution in [0.25, 0.3) is 0 Å². The molecule has 1 aromatic heterocycles. The lowest BCUT2D eigenvalue weighted by Gasteiger charge is -2.37. The lowest BCUT2D eigenvalue weighted by molar-refractivity contribution is -0.150. The van der Waals surface area contributed by atoms with Crippen LogP contribution < -0.4 is 0 Å². The van der Waals surface area contributed by atoms with E-state index in [1.165, 1.54) is 11.0 Å². The van der Waals surface area contributed by atoms with Crippen molar-refractivity contribution in [2.45, 2.75) is 19.8 Å². The summed E-state index contributed by atoms with van der Waals surface area (Å²) in [6.07, 6.45) is 2.68. The maximum absolute atomic E-state index is 12.1. The van der Waals surface area contributed by atoms with Gasteiger partial charge in [-0.3, -0.25) is 9.59 Å². The highest BCUT2D eigenvalue weighted by molar-refractivity contribution is 5.92. The predicted molar refractivity (Wildman–Crippen MR) is 61.9 cm³/mol. The third-order valence-corrected chi connectivity index (χ3v) is 3.32. The largest absolute Gasteiger partial charge is 0.481 e. The van der Waals surface area contributed by atoms with E-state index in [0.717, 1.165) is 0 Å². The van der Waals surface area contributed by atoms with Crippen LogP contribution in [0, 0.1) is 5.41 Å². The average Bonchev–Trinajstić information content (AvgIpc) is 2.75. The third-order valence-electron chi connectivity index (χ3n) is 3.32. The summed E-state index contributed by atoms with van der Waals surface area (Å²) in [5.41, 5.74) is -0.608. The van der Waals surface area contributed by atoms with Crippen molar-refractivity contribution in [2.75, 3.05) is 13.1 Å². The molecular weight excluding hydrogens is 236 g/mol. The van der Waals surface area contributed by atoms with Gasteiger partial charge in [0.05, 0.1) is 11.6 Å². The van der Waals surface area contributed by atoms with Crippen LogP contribution in [0.15, 0.2) is 6.20 Å². The van der Waals surface area contributed by atoms with Crippen LogP contribution in [0.1, 0.15) is 30.3 Å². The fourth-order valence-corrected chi connectivity index (χ4v) is 2.19. The van der Waals surface area contributed by atoms with Crippen molar-refractivity contribution in [1.29, 1.82) is 0 Å². The van der Waals surface area contributed by atoms with Gasteiger partial charge < -0.3 is 10.0 Å². The molecule has 2 rings (SSSR count). The van der Waals surface area contributed by atoms with E-state index in [1.54, 1.807) is 18.9 Å². The summed E-state index contributed by atoms with van der Waals surface area (Å²) in [6.45, 7) is 2.46. The van der Waals surface area contributed by atoms with Gasteiger partial charge >= 0.3 is 5.97 Å². The van der Waals surface area contributed by atoms with Gasteiger partial charge in [0.25, 0.3) is 5.91 Å². The van der Waals surface area contributed by atoms with Crippen molar-refractivity contribution in [3.63, 3.8) is 0 Å².